The Kier molecular flexibility index (Phi) is 33.9. The molecule has 1 aliphatic rings. The van der Waals surface area contributed by atoms with Crippen LogP contribution in [-0.2, 0) is 23.9 Å². The third-order valence-corrected chi connectivity index (χ3v) is 4.37. The second-order valence-electron chi connectivity index (χ2n) is 7.25. The van der Waals surface area contributed by atoms with E-state index in [-0.39, 0.29) is 24.3 Å². The highest BCUT2D eigenvalue weighted by atomic mass is 16.5. The van der Waals surface area contributed by atoms with E-state index in [4.69, 9.17) is 9.90 Å². The van der Waals surface area contributed by atoms with Crippen LogP contribution in [0.4, 0.5) is 0 Å². The van der Waals surface area contributed by atoms with Gasteiger partial charge in [-0.25, -0.2) is 0 Å². The van der Waals surface area contributed by atoms with E-state index in [1.54, 1.807) is 31.4 Å². The molecule has 1 aliphatic heterocycles. The number of hydrogen-bond donors (Lipinski definition) is 1. The van der Waals surface area contributed by atoms with E-state index < -0.39 is 0 Å². The number of nitrogens with zero attached hydrogens (tertiary/aromatic N) is 3. The summed E-state index contributed by atoms with van der Waals surface area (Å²) in [7, 11) is 5.09. The predicted octanol–water partition coefficient (Wildman–Crippen LogP) is 3.10. The van der Waals surface area contributed by atoms with Crippen molar-refractivity contribution in [1.29, 1.82) is 0 Å². The maximum atomic E-state index is 12.3. The predicted molar refractivity (Wildman–Crippen MR) is 148 cm³/mol. The number of aliphatic hydroxyl groups excluding tert-OH is 1. The van der Waals surface area contributed by atoms with Crippen molar-refractivity contribution in [3.63, 3.8) is 0 Å². The van der Waals surface area contributed by atoms with Gasteiger partial charge in [0.05, 0.1) is 13.7 Å². The number of methoxy groups -OCH3 is 1. The van der Waals surface area contributed by atoms with E-state index in [1.807, 2.05) is 53.4 Å². The van der Waals surface area contributed by atoms with Crippen LogP contribution in [-0.4, -0.2) is 105 Å². The van der Waals surface area contributed by atoms with Gasteiger partial charge >= 0.3 is 5.97 Å². The maximum absolute atomic E-state index is 12.3. The van der Waals surface area contributed by atoms with Crippen molar-refractivity contribution in [3.05, 3.63) is 36.5 Å². The second-order valence-corrected chi connectivity index (χ2v) is 7.25. The van der Waals surface area contributed by atoms with Crippen molar-refractivity contribution < 1.29 is 29.0 Å². The highest BCUT2D eigenvalue weighted by molar-refractivity contribution is 5.98. The van der Waals surface area contributed by atoms with Crippen LogP contribution in [0.2, 0.25) is 0 Å². The molecule has 0 aromatic heterocycles. The second kappa shape index (κ2) is 30.3. The molecule has 0 radical (unpaired) electrons. The summed E-state index contributed by atoms with van der Waals surface area (Å²) in [5.74, 6) is -0.296. The van der Waals surface area contributed by atoms with Crippen molar-refractivity contribution in [2.24, 2.45) is 0 Å². The summed E-state index contributed by atoms with van der Waals surface area (Å²) in [6.07, 6.45) is 9.02. The fraction of sp³-hybridized carbons (Fsp3) is 0.630. The summed E-state index contributed by atoms with van der Waals surface area (Å²) in [4.78, 5) is 48.1. The average Bonchev–Trinajstić information content (AvgIpc) is 2.91. The van der Waals surface area contributed by atoms with Crippen molar-refractivity contribution in [2.45, 2.75) is 53.9 Å². The van der Waals surface area contributed by atoms with Crippen LogP contribution in [0, 0.1) is 0 Å². The molecule has 0 bridgehead atoms. The monoisotopic (exact) mass is 513 g/mol. The van der Waals surface area contributed by atoms with Gasteiger partial charge in [0.1, 0.15) is 6.79 Å². The summed E-state index contributed by atoms with van der Waals surface area (Å²) < 4.78 is 4.35. The lowest BCUT2D eigenvalue weighted by molar-refractivity contribution is -0.140. The SMILES string of the molecule is C=C/C=C(\C=C/C)C(=O)N(C)CC(=O)N1CCN(C)CC1.C=O.CC.CCCC(=O)OC.CCCO. The largest absolute Gasteiger partial charge is 0.469 e. The molecule has 1 N–H and O–H groups in total. The van der Waals surface area contributed by atoms with Gasteiger partial charge in [-0.1, -0.05) is 58.6 Å². The fourth-order valence-electron chi connectivity index (χ4n) is 2.46. The lowest BCUT2D eigenvalue weighted by Gasteiger charge is -2.33. The Labute approximate surface area is 219 Å². The fourth-order valence-corrected chi connectivity index (χ4v) is 2.46. The number of carbonyl (C=O) groups excluding carboxylic acids is 4. The van der Waals surface area contributed by atoms with E-state index >= 15 is 0 Å². The van der Waals surface area contributed by atoms with E-state index in [2.05, 4.69) is 16.2 Å². The van der Waals surface area contributed by atoms with Gasteiger partial charge < -0.3 is 29.3 Å². The van der Waals surface area contributed by atoms with Crippen molar-refractivity contribution >= 4 is 24.6 Å². The van der Waals surface area contributed by atoms with Crippen molar-refractivity contribution in [2.75, 3.05) is 60.5 Å². The number of carbonyl (C=O) groups is 4. The minimum Gasteiger partial charge on any atom is -0.469 e. The molecule has 1 heterocycles. The smallest absolute Gasteiger partial charge is 0.305 e. The molecule has 0 saturated carbocycles. The normalized spacial score (nSPS) is 12.7. The number of likely N-dealkylation sites (N-methyl/N-ethyl adjacent to an activating group) is 2. The molecule has 0 aliphatic carbocycles. The van der Waals surface area contributed by atoms with Crippen LogP contribution < -0.4 is 0 Å². The maximum Gasteiger partial charge on any atom is 0.305 e. The molecule has 0 aromatic carbocycles. The number of hydrogen-bond acceptors (Lipinski definition) is 7. The first-order chi connectivity index (χ1) is 17.2. The van der Waals surface area contributed by atoms with E-state index in [1.165, 1.54) is 12.0 Å². The Morgan fingerprint density at radius 3 is 1.89 bits per heavy atom. The Balaban J connectivity index is -0.000000282. The van der Waals surface area contributed by atoms with Crippen LogP contribution in [0.5, 0.6) is 0 Å². The first-order valence-electron chi connectivity index (χ1n) is 12.4. The van der Waals surface area contributed by atoms with Crippen LogP contribution in [0.25, 0.3) is 0 Å². The number of aliphatic hydroxyl groups is 1. The molecule has 36 heavy (non-hydrogen) atoms. The van der Waals surface area contributed by atoms with Gasteiger partial charge in [-0.3, -0.25) is 14.4 Å². The Morgan fingerprint density at radius 2 is 1.56 bits per heavy atom. The topological polar surface area (TPSA) is 107 Å². The molecular formula is C27H51N3O6. The molecule has 1 fully saturated rings. The number of ether oxygens (including phenoxy) is 1. The first kappa shape index (κ1) is 40.4. The van der Waals surface area contributed by atoms with Gasteiger partial charge in [0.2, 0.25) is 5.91 Å². The molecule has 0 unspecified atom stereocenters. The van der Waals surface area contributed by atoms with Crippen LogP contribution >= 0.6 is 0 Å². The Morgan fingerprint density at radius 1 is 1.06 bits per heavy atom. The third-order valence-electron chi connectivity index (χ3n) is 4.37. The third kappa shape index (κ3) is 23.0. The lowest BCUT2D eigenvalue weighted by atomic mass is 10.2. The molecule has 0 aromatic rings. The van der Waals surface area contributed by atoms with Gasteiger partial charge in [0.15, 0.2) is 0 Å². The molecule has 1 rings (SSSR count). The number of amides is 2. The van der Waals surface area contributed by atoms with E-state index in [9.17, 15) is 14.4 Å². The summed E-state index contributed by atoms with van der Waals surface area (Å²) in [5.41, 5.74) is 0.529. The standard InChI is InChI=1S/C16H25N3O2.C5H10O2.C3H8O.C2H6.CH2O/c1-5-7-14(8-6-2)16(21)18(4)13-15(20)19-11-9-17(3)10-12-19;1-3-4-5(6)7-2;1-2-3-4;2*1-2/h5-8H,1,9-13H2,2-4H3;3-4H2,1-2H3;4H,2-3H2,1H3;1-2H3;1H2/b8-6-,14-7+;;;;. The van der Waals surface area contributed by atoms with Gasteiger partial charge in [0.25, 0.3) is 5.91 Å². The zero-order valence-electron chi connectivity index (χ0n) is 23.9. The van der Waals surface area contributed by atoms with Crippen molar-refractivity contribution in [3.8, 4) is 0 Å². The summed E-state index contributed by atoms with van der Waals surface area (Å²) in [5, 5.41) is 7.88. The highest BCUT2D eigenvalue weighted by Crippen LogP contribution is 2.05. The van der Waals surface area contributed by atoms with Crippen LogP contribution in [0.1, 0.15) is 53.9 Å². The summed E-state index contributed by atoms with van der Waals surface area (Å²) in [6.45, 7) is 19.0. The summed E-state index contributed by atoms with van der Waals surface area (Å²) in [6, 6.07) is 0. The van der Waals surface area contributed by atoms with E-state index in [0.29, 0.717) is 18.6 Å². The first-order valence-corrected chi connectivity index (χ1v) is 12.4. The number of allylic oxidation sites excluding steroid dienone is 3. The van der Waals surface area contributed by atoms with Gasteiger partial charge in [-0.15, -0.1) is 0 Å². The van der Waals surface area contributed by atoms with Gasteiger partial charge in [-0.05, 0) is 26.8 Å². The molecule has 2 amide bonds. The quantitative estimate of drug-likeness (QED) is 0.302. The highest BCUT2D eigenvalue weighted by Gasteiger charge is 2.22. The molecule has 9 heteroatoms. The molecular weight excluding hydrogens is 462 g/mol. The molecule has 0 spiro atoms. The molecule has 0 atom stereocenters. The molecule has 210 valence electrons. The minimum absolute atomic E-state index is 0.00242. The summed E-state index contributed by atoms with van der Waals surface area (Å²) >= 11 is 0. The number of rotatable bonds is 8. The Bertz CT molecular complexity index is 625. The van der Waals surface area contributed by atoms with Crippen LogP contribution in [0.15, 0.2) is 36.5 Å². The van der Waals surface area contributed by atoms with Crippen LogP contribution in [0.3, 0.4) is 0 Å². The average molecular weight is 514 g/mol. The number of esters is 1. The van der Waals surface area contributed by atoms with E-state index in [0.717, 1.165) is 39.0 Å². The number of piperazine rings is 1. The van der Waals surface area contributed by atoms with Gasteiger partial charge in [0, 0.05) is 51.8 Å². The van der Waals surface area contributed by atoms with Crippen molar-refractivity contribution in [1.82, 2.24) is 14.7 Å². The lowest BCUT2D eigenvalue weighted by Crippen LogP contribution is -2.50. The van der Waals surface area contributed by atoms with Gasteiger partial charge in [-0.2, -0.15) is 0 Å². The minimum atomic E-state index is -0.171. The zero-order valence-corrected chi connectivity index (χ0v) is 23.9. The Hall–Kier alpha value is -2.78. The molecule has 1 saturated heterocycles. The molecule has 9 nitrogen and oxygen atoms in total. The zero-order chi connectivity index (χ0) is 28.9.